The maximum atomic E-state index is 12.9. The number of carbonyl (C=O) groups is 2. The topological polar surface area (TPSA) is 109 Å². The van der Waals surface area contributed by atoms with Gasteiger partial charge in [0.25, 0.3) is 5.56 Å². The van der Waals surface area contributed by atoms with Crippen molar-refractivity contribution in [3.8, 4) is 11.5 Å². The van der Waals surface area contributed by atoms with Crippen LogP contribution in [0.25, 0.3) is 10.9 Å². The summed E-state index contributed by atoms with van der Waals surface area (Å²) in [4.78, 5) is 42.1. The summed E-state index contributed by atoms with van der Waals surface area (Å²) in [5, 5.41) is 3.16. The van der Waals surface area contributed by atoms with Gasteiger partial charge < -0.3 is 19.5 Å². The molecule has 1 aromatic heterocycles. The van der Waals surface area contributed by atoms with Gasteiger partial charge in [-0.05, 0) is 25.0 Å². The van der Waals surface area contributed by atoms with Crippen molar-refractivity contribution in [1.29, 1.82) is 0 Å². The average molecular weight is 468 g/mol. The number of benzene rings is 2. The Hall–Kier alpha value is -3.88. The first kappa shape index (κ1) is 24.8. The fraction of sp³-hybridized carbons (Fsp3) is 0.360. The maximum absolute atomic E-state index is 12.9. The molecule has 3 aromatic rings. The van der Waals surface area contributed by atoms with Crippen LogP contribution in [-0.2, 0) is 27.3 Å². The van der Waals surface area contributed by atoms with Crippen LogP contribution >= 0.6 is 0 Å². The van der Waals surface area contributed by atoms with E-state index in [9.17, 15) is 14.4 Å². The molecule has 180 valence electrons. The van der Waals surface area contributed by atoms with Gasteiger partial charge in [0.15, 0.2) is 11.5 Å². The van der Waals surface area contributed by atoms with Crippen LogP contribution in [-0.4, -0.2) is 48.3 Å². The van der Waals surface area contributed by atoms with Gasteiger partial charge in [-0.3, -0.25) is 14.2 Å². The van der Waals surface area contributed by atoms with Crippen molar-refractivity contribution < 1.29 is 23.8 Å². The van der Waals surface area contributed by atoms with Crippen LogP contribution in [0.4, 0.5) is 0 Å². The van der Waals surface area contributed by atoms with E-state index in [1.165, 1.54) is 25.1 Å². The first-order chi connectivity index (χ1) is 16.5. The number of hydrogen-bond donors (Lipinski definition) is 1. The monoisotopic (exact) mass is 467 g/mol. The van der Waals surface area contributed by atoms with Gasteiger partial charge in [-0.1, -0.05) is 30.3 Å². The fourth-order valence-electron chi connectivity index (χ4n) is 3.61. The third-order valence-corrected chi connectivity index (χ3v) is 5.32. The van der Waals surface area contributed by atoms with Crippen LogP contribution < -0.4 is 20.3 Å². The zero-order valence-corrected chi connectivity index (χ0v) is 19.6. The Balaban J connectivity index is 1.64. The molecule has 0 bridgehead atoms. The third kappa shape index (κ3) is 6.12. The lowest BCUT2D eigenvalue weighted by molar-refractivity contribution is -0.147. The summed E-state index contributed by atoms with van der Waals surface area (Å²) in [6.07, 6.45) is 2.32. The lowest BCUT2D eigenvalue weighted by Gasteiger charge is -2.17. The number of fused-ring (bicyclic) bond motifs is 1. The summed E-state index contributed by atoms with van der Waals surface area (Å²) in [6, 6.07) is 11.9. The third-order valence-electron chi connectivity index (χ3n) is 5.32. The minimum absolute atomic E-state index is 0.140. The molecular weight excluding hydrogens is 438 g/mol. The molecule has 9 heteroatoms. The summed E-state index contributed by atoms with van der Waals surface area (Å²) in [5.41, 5.74) is 1.18. The second kappa shape index (κ2) is 11.8. The maximum Gasteiger partial charge on any atom is 0.328 e. The van der Waals surface area contributed by atoms with E-state index in [1.807, 2.05) is 30.3 Å². The van der Waals surface area contributed by atoms with E-state index in [4.69, 9.17) is 14.2 Å². The number of rotatable bonds is 11. The highest BCUT2D eigenvalue weighted by atomic mass is 16.5. The molecule has 34 heavy (non-hydrogen) atoms. The molecule has 0 spiro atoms. The Kier molecular flexibility index (Phi) is 8.61. The van der Waals surface area contributed by atoms with Crippen molar-refractivity contribution in [2.45, 2.75) is 38.8 Å². The molecule has 0 aliphatic heterocycles. The molecule has 0 saturated carbocycles. The first-order valence-corrected chi connectivity index (χ1v) is 11.1. The van der Waals surface area contributed by atoms with Gasteiger partial charge in [0.1, 0.15) is 6.04 Å². The quantitative estimate of drug-likeness (QED) is 0.432. The van der Waals surface area contributed by atoms with Crippen LogP contribution in [0.2, 0.25) is 0 Å². The van der Waals surface area contributed by atoms with Crippen LogP contribution in [0, 0.1) is 0 Å². The Labute approximate surface area is 197 Å². The van der Waals surface area contributed by atoms with Crippen LogP contribution in [0.3, 0.4) is 0 Å². The van der Waals surface area contributed by atoms with Gasteiger partial charge in [0.05, 0.1) is 38.1 Å². The van der Waals surface area contributed by atoms with Crippen molar-refractivity contribution in [3.05, 3.63) is 64.7 Å². The predicted octanol–water partition coefficient (Wildman–Crippen LogP) is 2.48. The van der Waals surface area contributed by atoms with Crippen LogP contribution in [0.1, 0.15) is 25.3 Å². The lowest BCUT2D eigenvalue weighted by Crippen LogP contribution is -2.43. The van der Waals surface area contributed by atoms with Gasteiger partial charge in [-0.2, -0.15) is 0 Å². The van der Waals surface area contributed by atoms with Crippen molar-refractivity contribution in [3.63, 3.8) is 0 Å². The summed E-state index contributed by atoms with van der Waals surface area (Å²) in [7, 11) is 3.01. The molecule has 0 fully saturated rings. The minimum Gasteiger partial charge on any atom is -0.493 e. The second-order valence-corrected chi connectivity index (χ2v) is 7.63. The van der Waals surface area contributed by atoms with Crippen LogP contribution in [0.5, 0.6) is 11.5 Å². The van der Waals surface area contributed by atoms with E-state index in [0.717, 1.165) is 5.56 Å². The Bertz CT molecular complexity index is 1190. The van der Waals surface area contributed by atoms with Crippen molar-refractivity contribution in [1.82, 2.24) is 14.9 Å². The van der Waals surface area contributed by atoms with Gasteiger partial charge in [0.2, 0.25) is 5.91 Å². The summed E-state index contributed by atoms with van der Waals surface area (Å²) < 4.78 is 17.1. The summed E-state index contributed by atoms with van der Waals surface area (Å²) in [6.45, 7) is 2.25. The number of amides is 1. The SMILES string of the molecule is CCOC(=O)C(Cc1ccccc1)NC(=O)CCCn1cnc2cc(OC)c(OC)cc2c1=O. The number of ether oxygens (including phenoxy) is 3. The first-order valence-electron chi connectivity index (χ1n) is 11.1. The number of aryl methyl sites for hydroxylation is 1. The molecule has 1 amide bonds. The molecule has 1 unspecified atom stereocenters. The predicted molar refractivity (Wildman–Crippen MR) is 127 cm³/mol. The number of hydrogen-bond acceptors (Lipinski definition) is 7. The van der Waals surface area contributed by atoms with E-state index >= 15 is 0 Å². The molecule has 3 rings (SSSR count). The van der Waals surface area contributed by atoms with Gasteiger partial charge in [0, 0.05) is 25.5 Å². The molecule has 0 saturated heterocycles. The molecule has 1 atom stereocenters. The molecule has 1 heterocycles. The Morgan fingerprint density at radius 3 is 2.47 bits per heavy atom. The van der Waals surface area contributed by atoms with Crippen LogP contribution in [0.15, 0.2) is 53.6 Å². The molecule has 0 radical (unpaired) electrons. The average Bonchev–Trinajstić information content (AvgIpc) is 2.85. The standard InChI is InChI=1S/C25H29N3O6/c1-4-34-25(31)20(13-17-9-6-5-7-10-17)27-23(29)11-8-12-28-16-26-19-15-22(33-3)21(32-2)14-18(19)24(28)30/h5-7,9-10,14-16,20H,4,8,11-13H2,1-3H3,(H,27,29). The number of nitrogens with zero attached hydrogens (tertiary/aromatic N) is 2. The van der Waals surface area contributed by atoms with Crippen molar-refractivity contribution >= 4 is 22.8 Å². The highest BCUT2D eigenvalue weighted by molar-refractivity contribution is 5.84. The highest BCUT2D eigenvalue weighted by Gasteiger charge is 2.22. The fourth-order valence-corrected chi connectivity index (χ4v) is 3.61. The van der Waals surface area contributed by atoms with Crippen molar-refractivity contribution in [2.24, 2.45) is 0 Å². The molecule has 1 N–H and O–H groups in total. The zero-order chi connectivity index (χ0) is 24.5. The number of methoxy groups -OCH3 is 2. The largest absolute Gasteiger partial charge is 0.493 e. The normalized spacial score (nSPS) is 11.6. The molecule has 9 nitrogen and oxygen atoms in total. The minimum atomic E-state index is -0.776. The highest BCUT2D eigenvalue weighted by Crippen LogP contribution is 2.29. The summed E-state index contributed by atoms with van der Waals surface area (Å²) >= 11 is 0. The molecule has 0 aliphatic rings. The van der Waals surface area contributed by atoms with Gasteiger partial charge >= 0.3 is 5.97 Å². The summed E-state index contributed by atoms with van der Waals surface area (Å²) in [5.74, 6) is 0.165. The van der Waals surface area contributed by atoms with E-state index in [1.54, 1.807) is 19.1 Å². The van der Waals surface area contributed by atoms with E-state index in [2.05, 4.69) is 10.3 Å². The number of esters is 1. The van der Waals surface area contributed by atoms with Crippen molar-refractivity contribution in [2.75, 3.05) is 20.8 Å². The lowest BCUT2D eigenvalue weighted by atomic mass is 10.1. The van der Waals surface area contributed by atoms with E-state index in [-0.39, 0.29) is 24.5 Å². The molecule has 2 aromatic carbocycles. The Morgan fingerprint density at radius 1 is 1.09 bits per heavy atom. The molecule has 0 aliphatic carbocycles. The number of carbonyl (C=O) groups excluding carboxylic acids is 2. The van der Waals surface area contributed by atoms with Gasteiger partial charge in [-0.25, -0.2) is 9.78 Å². The molecular formula is C25H29N3O6. The number of nitrogens with one attached hydrogen (secondary N) is 1. The van der Waals surface area contributed by atoms with E-state index < -0.39 is 12.0 Å². The smallest absolute Gasteiger partial charge is 0.328 e. The van der Waals surface area contributed by atoms with Gasteiger partial charge in [-0.15, -0.1) is 0 Å². The Morgan fingerprint density at radius 2 is 1.79 bits per heavy atom. The zero-order valence-electron chi connectivity index (χ0n) is 19.6. The van der Waals surface area contributed by atoms with E-state index in [0.29, 0.717) is 41.8 Å². The second-order valence-electron chi connectivity index (χ2n) is 7.63. The number of aromatic nitrogens is 2.